The molecule has 15 nitrogen and oxygen atoms in total. The zero-order valence-electron chi connectivity index (χ0n) is 25.3. The highest BCUT2D eigenvalue weighted by molar-refractivity contribution is 5.95. The molecule has 0 aromatic heterocycles. The van der Waals surface area contributed by atoms with Gasteiger partial charge in [-0.3, -0.25) is 24.0 Å². The minimum absolute atomic E-state index is 0.00676. The summed E-state index contributed by atoms with van der Waals surface area (Å²) in [5.74, 6) is -4.75. The third kappa shape index (κ3) is 10.3. The summed E-state index contributed by atoms with van der Waals surface area (Å²) in [5, 5.41) is 38.1. The summed E-state index contributed by atoms with van der Waals surface area (Å²) < 4.78 is 0. The molecule has 9 N–H and O–H groups in total. The summed E-state index contributed by atoms with van der Waals surface area (Å²) in [6, 6.07) is 9.16. The molecule has 0 bridgehead atoms. The minimum Gasteiger partial charge on any atom is -0.508 e. The number of hydrogen-bond donors (Lipinski definition) is 8. The highest BCUT2D eigenvalue weighted by Gasteiger charge is 2.39. The average molecular weight is 641 g/mol. The van der Waals surface area contributed by atoms with Crippen LogP contribution < -0.4 is 27.0 Å². The number of phenolic OH excluding ortho intramolecular Hbond substituents is 1. The van der Waals surface area contributed by atoms with Gasteiger partial charge in [0.05, 0.1) is 19.2 Å². The lowest BCUT2D eigenvalue weighted by Gasteiger charge is -2.29. The number of rotatable bonds is 15. The molecule has 2 aromatic rings. The van der Waals surface area contributed by atoms with Gasteiger partial charge in [-0.1, -0.05) is 42.5 Å². The van der Waals surface area contributed by atoms with Crippen molar-refractivity contribution in [1.82, 2.24) is 26.2 Å². The van der Waals surface area contributed by atoms with Gasteiger partial charge in [0.25, 0.3) is 0 Å². The number of carboxylic acid groups (broad SMARTS) is 1. The molecule has 2 aromatic carbocycles. The number of nitrogens with one attached hydrogen (secondary N) is 4. The van der Waals surface area contributed by atoms with Crippen LogP contribution in [0.4, 0.5) is 0 Å². The van der Waals surface area contributed by atoms with E-state index in [4.69, 9.17) is 5.73 Å². The molecular formula is C31H40N6O9. The van der Waals surface area contributed by atoms with Crippen LogP contribution >= 0.6 is 0 Å². The Morgan fingerprint density at radius 2 is 1.50 bits per heavy atom. The maximum absolute atomic E-state index is 13.8. The van der Waals surface area contributed by atoms with Crippen molar-refractivity contribution in [3.8, 4) is 5.75 Å². The van der Waals surface area contributed by atoms with Crippen molar-refractivity contribution in [2.45, 2.75) is 62.8 Å². The Kier molecular flexibility index (Phi) is 13.0. The third-order valence-corrected chi connectivity index (χ3v) is 7.40. The number of carbonyl (C=O) groups is 6. The zero-order valence-corrected chi connectivity index (χ0v) is 25.3. The lowest BCUT2D eigenvalue weighted by atomic mass is 10.0. The Hall–Kier alpha value is -5.02. The van der Waals surface area contributed by atoms with Gasteiger partial charge in [-0.05, 0) is 43.0 Å². The normalized spacial score (nSPS) is 16.8. The molecule has 0 unspecified atom stereocenters. The van der Waals surface area contributed by atoms with Crippen molar-refractivity contribution in [1.29, 1.82) is 0 Å². The molecule has 1 fully saturated rings. The summed E-state index contributed by atoms with van der Waals surface area (Å²) in [6.07, 6.45) is 0.777. The number of carbonyl (C=O) groups excluding carboxylic acids is 5. The van der Waals surface area contributed by atoms with Gasteiger partial charge >= 0.3 is 5.97 Å². The standard InChI is InChI=1S/C31H40N6O9/c1-18(32)27(41)35-22(14-19-6-3-2-4-7-19)28(42)33-16-26(40)34-23(15-20-9-11-21(39)12-10-20)30(44)37-13-5-8-25(37)29(43)36-24(17-38)31(45)46/h2-4,6-7,9-12,18,22-25,38-39H,5,8,13-17,32H2,1H3,(H,33,42)(H,34,40)(H,35,41)(H,36,43)(H,45,46)/t18-,22-,23-,24-,25-/m0/s1. The number of nitrogens with two attached hydrogens (primary N) is 1. The zero-order chi connectivity index (χ0) is 33.8. The maximum atomic E-state index is 13.8. The molecular weight excluding hydrogens is 600 g/mol. The molecule has 5 amide bonds. The summed E-state index contributed by atoms with van der Waals surface area (Å²) >= 11 is 0. The van der Waals surface area contributed by atoms with E-state index in [-0.39, 0.29) is 31.6 Å². The van der Waals surface area contributed by atoms with Crippen LogP contribution in [0.2, 0.25) is 0 Å². The fourth-order valence-corrected chi connectivity index (χ4v) is 4.92. The SMILES string of the molecule is C[C@H](N)C(=O)N[C@@H](Cc1ccccc1)C(=O)NCC(=O)N[C@@H](Cc1ccc(O)cc1)C(=O)N1CCC[C@H]1C(=O)N[C@@H](CO)C(=O)O. The summed E-state index contributed by atoms with van der Waals surface area (Å²) in [5.41, 5.74) is 6.99. The molecule has 3 rings (SSSR count). The number of likely N-dealkylation sites (tertiary alicyclic amines) is 1. The van der Waals surface area contributed by atoms with Crippen molar-refractivity contribution >= 4 is 35.5 Å². The lowest BCUT2D eigenvalue weighted by molar-refractivity contribution is -0.145. The van der Waals surface area contributed by atoms with Crippen molar-refractivity contribution in [3.63, 3.8) is 0 Å². The first-order chi connectivity index (χ1) is 21.9. The van der Waals surface area contributed by atoms with Gasteiger partial charge in [0.1, 0.15) is 29.9 Å². The summed E-state index contributed by atoms with van der Waals surface area (Å²) in [6.45, 7) is 0.246. The van der Waals surface area contributed by atoms with E-state index in [0.717, 1.165) is 5.56 Å². The van der Waals surface area contributed by atoms with Crippen LogP contribution in [0.1, 0.15) is 30.9 Å². The van der Waals surface area contributed by atoms with Gasteiger partial charge in [0.15, 0.2) is 0 Å². The van der Waals surface area contributed by atoms with E-state index in [1.807, 2.05) is 0 Å². The first kappa shape index (κ1) is 35.5. The van der Waals surface area contributed by atoms with E-state index < -0.39 is 78.9 Å². The molecule has 248 valence electrons. The van der Waals surface area contributed by atoms with Crippen LogP contribution in [0.25, 0.3) is 0 Å². The monoisotopic (exact) mass is 640 g/mol. The van der Waals surface area contributed by atoms with Crippen molar-refractivity contribution in [3.05, 3.63) is 65.7 Å². The van der Waals surface area contributed by atoms with E-state index in [1.54, 1.807) is 42.5 Å². The molecule has 1 aliphatic rings. The summed E-state index contributed by atoms with van der Waals surface area (Å²) in [7, 11) is 0. The topological polar surface area (TPSA) is 240 Å². The van der Waals surface area contributed by atoms with E-state index in [9.17, 15) is 44.1 Å². The molecule has 1 aliphatic heterocycles. The second-order valence-electron chi connectivity index (χ2n) is 11.0. The molecule has 0 saturated carbocycles. The second-order valence-corrected chi connectivity index (χ2v) is 11.0. The fraction of sp³-hybridized carbons (Fsp3) is 0.419. The Balaban J connectivity index is 1.73. The number of hydrogen-bond acceptors (Lipinski definition) is 9. The lowest BCUT2D eigenvalue weighted by Crippen LogP contribution is -2.57. The van der Waals surface area contributed by atoms with Crippen LogP contribution in [0.15, 0.2) is 54.6 Å². The molecule has 1 saturated heterocycles. The maximum Gasteiger partial charge on any atom is 0.328 e. The number of aliphatic hydroxyl groups is 1. The quantitative estimate of drug-likeness (QED) is 0.108. The van der Waals surface area contributed by atoms with Crippen molar-refractivity contribution in [2.75, 3.05) is 19.7 Å². The minimum atomic E-state index is -1.55. The molecule has 46 heavy (non-hydrogen) atoms. The van der Waals surface area contributed by atoms with Gasteiger partial charge in [-0.25, -0.2) is 4.79 Å². The first-order valence-corrected chi connectivity index (χ1v) is 14.8. The van der Waals surface area contributed by atoms with Crippen molar-refractivity contribution in [2.24, 2.45) is 5.73 Å². The molecule has 0 spiro atoms. The largest absolute Gasteiger partial charge is 0.508 e. The van der Waals surface area contributed by atoms with Crippen LogP contribution in [0, 0.1) is 0 Å². The highest BCUT2D eigenvalue weighted by atomic mass is 16.4. The average Bonchev–Trinajstić information content (AvgIpc) is 3.53. The Morgan fingerprint density at radius 1 is 0.870 bits per heavy atom. The number of benzene rings is 2. The fourth-order valence-electron chi connectivity index (χ4n) is 4.92. The van der Waals surface area contributed by atoms with E-state index in [2.05, 4.69) is 21.3 Å². The van der Waals surface area contributed by atoms with Gasteiger partial charge in [-0.15, -0.1) is 0 Å². The first-order valence-electron chi connectivity index (χ1n) is 14.8. The van der Waals surface area contributed by atoms with Crippen molar-refractivity contribution < 1.29 is 44.1 Å². The predicted octanol–water partition coefficient (Wildman–Crippen LogP) is -1.84. The smallest absolute Gasteiger partial charge is 0.328 e. The summed E-state index contributed by atoms with van der Waals surface area (Å²) in [4.78, 5) is 77.7. The van der Waals surface area contributed by atoms with Crippen LogP contribution in [0.3, 0.4) is 0 Å². The van der Waals surface area contributed by atoms with E-state index in [0.29, 0.717) is 12.0 Å². The number of aromatic hydroxyl groups is 1. The second kappa shape index (κ2) is 16.9. The Morgan fingerprint density at radius 3 is 2.11 bits per heavy atom. The molecule has 5 atom stereocenters. The van der Waals surface area contributed by atoms with Crippen LogP contribution in [-0.4, -0.2) is 106 Å². The number of carboxylic acids is 1. The molecule has 15 heteroatoms. The number of phenols is 1. The molecule has 0 radical (unpaired) electrons. The van der Waals surface area contributed by atoms with E-state index in [1.165, 1.54) is 24.0 Å². The predicted molar refractivity (Wildman–Crippen MR) is 164 cm³/mol. The van der Waals surface area contributed by atoms with Gasteiger partial charge < -0.3 is 47.2 Å². The number of amides is 5. The van der Waals surface area contributed by atoms with E-state index >= 15 is 0 Å². The Labute approximate surface area is 265 Å². The van der Waals surface area contributed by atoms with Gasteiger partial charge in [0, 0.05) is 19.4 Å². The number of aliphatic hydroxyl groups excluding tert-OH is 1. The molecule has 1 heterocycles. The molecule has 0 aliphatic carbocycles. The van der Waals surface area contributed by atoms with Gasteiger partial charge in [-0.2, -0.15) is 0 Å². The third-order valence-electron chi connectivity index (χ3n) is 7.40. The highest BCUT2D eigenvalue weighted by Crippen LogP contribution is 2.20. The number of aliphatic carboxylic acids is 1. The Bertz CT molecular complexity index is 1390. The van der Waals surface area contributed by atoms with Gasteiger partial charge in [0.2, 0.25) is 29.5 Å². The van der Waals surface area contributed by atoms with Crippen LogP contribution in [-0.2, 0) is 41.6 Å². The van der Waals surface area contributed by atoms with Crippen LogP contribution in [0.5, 0.6) is 5.75 Å². The number of nitrogens with zero attached hydrogens (tertiary/aromatic N) is 1.